The van der Waals surface area contributed by atoms with E-state index in [0.29, 0.717) is 10.8 Å². The second-order valence-electron chi connectivity index (χ2n) is 2.93. The van der Waals surface area contributed by atoms with Crippen LogP contribution in [0.1, 0.15) is 18.4 Å². The Morgan fingerprint density at radius 2 is 1.85 bits per heavy atom. The van der Waals surface area contributed by atoms with E-state index in [9.17, 15) is 8.42 Å². The van der Waals surface area contributed by atoms with Crippen molar-refractivity contribution < 1.29 is 8.42 Å². The second kappa shape index (κ2) is 4.99. The van der Waals surface area contributed by atoms with Crippen molar-refractivity contribution in [3.05, 3.63) is 29.8 Å². The van der Waals surface area contributed by atoms with Gasteiger partial charge >= 0.3 is 93.5 Å². The summed E-state index contributed by atoms with van der Waals surface area (Å²) in [5, 5.41) is 0. The van der Waals surface area contributed by atoms with Gasteiger partial charge in [-0.25, -0.2) is 0 Å². The third kappa shape index (κ3) is 2.98. The molecule has 0 heterocycles. The average Bonchev–Trinajstić information content (AvgIpc) is 2.17. The number of thiol groups is 1. The summed E-state index contributed by atoms with van der Waals surface area (Å²) in [6.07, 6.45) is 0. The summed E-state index contributed by atoms with van der Waals surface area (Å²) < 4.78 is 22.3. The van der Waals surface area contributed by atoms with E-state index < -0.39 is 10.7 Å². The first-order valence-corrected chi connectivity index (χ1v) is 6.98. The molecule has 0 amide bonds. The van der Waals surface area contributed by atoms with Gasteiger partial charge in [-0.2, -0.15) is 0 Å². The van der Waals surface area contributed by atoms with Crippen molar-refractivity contribution in [1.82, 2.24) is 0 Å². The zero-order valence-corrected chi connectivity index (χ0v) is 10.8. The maximum absolute atomic E-state index is 10.6. The van der Waals surface area contributed by atoms with E-state index in [1.54, 1.807) is 34.4 Å². The first-order chi connectivity index (χ1) is 6.15. The van der Waals surface area contributed by atoms with Gasteiger partial charge in [0.25, 0.3) is 0 Å². The van der Waals surface area contributed by atoms with Gasteiger partial charge in [0.1, 0.15) is 0 Å². The SMILES string of the molecule is CC(C[TeH])c1ccc([SH](=O)=O)cc1. The topological polar surface area (TPSA) is 34.1 Å². The maximum atomic E-state index is 10.6. The van der Waals surface area contributed by atoms with Crippen LogP contribution in [0.5, 0.6) is 0 Å². The third-order valence-electron chi connectivity index (χ3n) is 1.95. The van der Waals surface area contributed by atoms with Crippen LogP contribution in [0, 0.1) is 0 Å². The third-order valence-corrected chi connectivity index (χ3v) is 4.23. The molecular formula is C9H12O2STe. The molecule has 1 atom stereocenters. The normalized spacial score (nSPS) is 13.2. The van der Waals surface area contributed by atoms with Gasteiger partial charge in [0.15, 0.2) is 0 Å². The van der Waals surface area contributed by atoms with Crippen molar-refractivity contribution in [3.63, 3.8) is 0 Å². The Morgan fingerprint density at radius 1 is 1.31 bits per heavy atom. The Kier molecular flexibility index (Phi) is 4.24. The fourth-order valence-electron chi connectivity index (χ4n) is 1.03. The second-order valence-corrected chi connectivity index (χ2v) is 5.01. The molecule has 0 aliphatic heterocycles. The van der Waals surface area contributed by atoms with Crippen molar-refractivity contribution in [2.45, 2.75) is 22.2 Å². The van der Waals surface area contributed by atoms with Gasteiger partial charge in [0.05, 0.1) is 0 Å². The Bertz CT molecular complexity index is 335. The average molecular weight is 312 g/mol. The minimum absolute atomic E-state index is 0.395. The molecule has 1 rings (SSSR count). The number of rotatable bonds is 3. The summed E-state index contributed by atoms with van der Waals surface area (Å²) in [6.45, 7) is 2.14. The van der Waals surface area contributed by atoms with Crippen LogP contribution >= 0.6 is 0 Å². The molecular weight excluding hydrogens is 300 g/mol. The van der Waals surface area contributed by atoms with Gasteiger partial charge in [0, 0.05) is 0 Å². The monoisotopic (exact) mass is 314 g/mol. The Morgan fingerprint density at radius 3 is 2.23 bits per heavy atom. The van der Waals surface area contributed by atoms with Crippen LogP contribution in [0.15, 0.2) is 29.2 Å². The van der Waals surface area contributed by atoms with Crippen molar-refractivity contribution in [1.29, 1.82) is 0 Å². The molecule has 1 aromatic carbocycles. The first kappa shape index (κ1) is 11.0. The summed E-state index contributed by atoms with van der Waals surface area (Å²) in [6, 6.07) is 7.11. The van der Waals surface area contributed by atoms with Crippen LogP contribution in [-0.4, -0.2) is 30.7 Å². The van der Waals surface area contributed by atoms with Gasteiger partial charge in [-0.1, -0.05) is 0 Å². The molecule has 0 saturated heterocycles. The zero-order chi connectivity index (χ0) is 9.84. The fraction of sp³-hybridized carbons (Fsp3) is 0.333. The van der Waals surface area contributed by atoms with Gasteiger partial charge in [-0.15, -0.1) is 0 Å². The van der Waals surface area contributed by atoms with E-state index in [1.807, 2.05) is 12.1 Å². The molecule has 0 spiro atoms. The number of hydrogen-bond donors (Lipinski definition) is 1. The van der Waals surface area contributed by atoms with E-state index >= 15 is 0 Å². The molecule has 4 heteroatoms. The molecule has 13 heavy (non-hydrogen) atoms. The molecule has 1 aromatic rings. The van der Waals surface area contributed by atoms with E-state index in [1.165, 1.54) is 5.56 Å². The van der Waals surface area contributed by atoms with Crippen molar-refractivity contribution >= 4 is 33.0 Å². The zero-order valence-electron chi connectivity index (χ0n) is 7.30. The summed E-state index contributed by atoms with van der Waals surface area (Å²) in [5.41, 5.74) is 1.21. The van der Waals surface area contributed by atoms with Crippen LogP contribution in [0.3, 0.4) is 0 Å². The van der Waals surface area contributed by atoms with E-state index in [0.717, 1.165) is 4.47 Å². The predicted octanol–water partition coefficient (Wildman–Crippen LogP) is 1.08. The molecule has 0 bridgehead atoms. The minimum atomic E-state index is -2.43. The van der Waals surface area contributed by atoms with E-state index in [2.05, 4.69) is 6.92 Å². The van der Waals surface area contributed by atoms with Gasteiger partial charge < -0.3 is 0 Å². The molecule has 0 aromatic heterocycles. The van der Waals surface area contributed by atoms with Crippen LogP contribution in [-0.2, 0) is 10.7 Å². The molecule has 2 nitrogen and oxygen atoms in total. The molecule has 0 saturated carbocycles. The summed E-state index contributed by atoms with van der Waals surface area (Å²) in [5.74, 6) is 0.521. The summed E-state index contributed by atoms with van der Waals surface area (Å²) in [4.78, 5) is 0.395. The number of benzene rings is 1. The Labute approximate surface area is 93.2 Å². The van der Waals surface area contributed by atoms with E-state index in [4.69, 9.17) is 0 Å². The van der Waals surface area contributed by atoms with Gasteiger partial charge in [-0.3, -0.25) is 0 Å². The van der Waals surface area contributed by atoms with Crippen molar-refractivity contribution in [3.8, 4) is 0 Å². The van der Waals surface area contributed by atoms with Crippen LogP contribution < -0.4 is 0 Å². The standard InChI is InChI=1S/C9H12O2STe/c1-7(6-13)8-2-4-9(5-3-8)12(10)11/h2-5,7,12-13H,6H2,1H3. The molecule has 0 N–H and O–H groups in total. The van der Waals surface area contributed by atoms with Gasteiger partial charge in [-0.05, 0) is 0 Å². The molecule has 0 fully saturated rings. The molecule has 0 aliphatic rings. The number of hydrogen-bond acceptors (Lipinski definition) is 2. The molecule has 0 aliphatic carbocycles. The first-order valence-electron chi connectivity index (χ1n) is 4.00. The Hall–Kier alpha value is -0.0404. The van der Waals surface area contributed by atoms with Crippen molar-refractivity contribution in [2.75, 3.05) is 0 Å². The molecule has 72 valence electrons. The van der Waals surface area contributed by atoms with Crippen molar-refractivity contribution in [2.24, 2.45) is 0 Å². The Balaban J connectivity index is 2.93. The molecule has 0 radical (unpaired) electrons. The molecule has 1 unspecified atom stereocenters. The fourth-order valence-corrected chi connectivity index (χ4v) is 2.02. The van der Waals surface area contributed by atoms with Crippen LogP contribution in [0.2, 0.25) is 4.47 Å². The van der Waals surface area contributed by atoms with Gasteiger partial charge in [0.2, 0.25) is 0 Å². The summed E-state index contributed by atoms with van der Waals surface area (Å²) in [7, 11) is -2.43. The van der Waals surface area contributed by atoms with Crippen LogP contribution in [0.25, 0.3) is 0 Å². The van der Waals surface area contributed by atoms with Crippen LogP contribution in [0.4, 0.5) is 0 Å². The quantitative estimate of drug-likeness (QED) is 0.669. The summed E-state index contributed by atoms with van der Waals surface area (Å²) >= 11 is 1.78. The predicted molar refractivity (Wildman–Crippen MR) is 55.4 cm³/mol. The van der Waals surface area contributed by atoms with E-state index in [-0.39, 0.29) is 0 Å².